The Kier molecular flexibility index (Phi) is 6.42. The second-order valence-electron chi connectivity index (χ2n) is 7.90. The minimum atomic E-state index is -0.101. The number of nitrogens with zero attached hydrogens (tertiary/aromatic N) is 1. The van der Waals surface area contributed by atoms with Crippen LogP contribution in [0.3, 0.4) is 0 Å². The average molecular weight is 431 g/mol. The van der Waals surface area contributed by atoms with Crippen LogP contribution in [-0.4, -0.2) is 22.5 Å². The lowest BCUT2D eigenvalue weighted by molar-refractivity contribution is -0.128. The van der Waals surface area contributed by atoms with Crippen molar-refractivity contribution in [2.75, 3.05) is 5.75 Å². The van der Waals surface area contributed by atoms with Gasteiger partial charge >= 0.3 is 0 Å². The smallest absolute Gasteiger partial charge is 0.251 e. The van der Waals surface area contributed by atoms with Crippen LogP contribution in [0.5, 0.6) is 0 Å². The SMILES string of the molecule is Cc1ccc([C@H](C)NC(=O)c2ccc([C@H]3SCC(=O)N3Cc3ccccc3)cc2)cc1. The number of hydrogen-bond donors (Lipinski definition) is 1. The highest BCUT2D eigenvalue weighted by Crippen LogP contribution is 2.39. The molecule has 1 fully saturated rings. The Labute approximate surface area is 187 Å². The standard InChI is InChI=1S/C26H26N2O2S/c1-18-8-10-21(11-9-18)19(2)27-25(30)22-12-14-23(15-13-22)26-28(24(29)17-31-26)16-20-6-4-3-5-7-20/h3-15,19,26H,16-17H2,1-2H3,(H,27,30)/t19-,26+/m0/s1. The first kappa shape index (κ1) is 21.2. The topological polar surface area (TPSA) is 49.4 Å². The molecule has 158 valence electrons. The highest BCUT2D eigenvalue weighted by atomic mass is 32.2. The highest BCUT2D eigenvalue weighted by Gasteiger charge is 2.32. The second-order valence-corrected chi connectivity index (χ2v) is 8.97. The number of carbonyl (C=O) groups is 2. The Balaban J connectivity index is 1.43. The summed E-state index contributed by atoms with van der Waals surface area (Å²) in [6.07, 6.45) is 0. The summed E-state index contributed by atoms with van der Waals surface area (Å²) >= 11 is 1.63. The summed E-state index contributed by atoms with van der Waals surface area (Å²) < 4.78 is 0. The van der Waals surface area contributed by atoms with Gasteiger partial charge in [0.05, 0.1) is 11.8 Å². The molecule has 0 aromatic heterocycles. The number of carbonyl (C=O) groups excluding carboxylic acids is 2. The third-order valence-corrected chi connectivity index (χ3v) is 6.80. The molecule has 0 unspecified atom stereocenters. The van der Waals surface area contributed by atoms with Crippen LogP contribution in [0.4, 0.5) is 0 Å². The van der Waals surface area contributed by atoms with Crippen LogP contribution < -0.4 is 5.32 Å². The van der Waals surface area contributed by atoms with Gasteiger partial charge in [-0.15, -0.1) is 11.8 Å². The molecule has 1 N–H and O–H groups in total. The number of nitrogens with one attached hydrogen (secondary N) is 1. The molecule has 0 aliphatic carbocycles. The van der Waals surface area contributed by atoms with E-state index in [-0.39, 0.29) is 23.2 Å². The number of benzene rings is 3. The van der Waals surface area contributed by atoms with E-state index in [9.17, 15) is 9.59 Å². The van der Waals surface area contributed by atoms with Crippen molar-refractivity contribution in [3.63, 3.8) is 0 Å². The summed E-state index contributed by atoms with van der Waals surface area (Å²) in [5, 5.41) is 3.03. The fourth-order valence-corrected chi connectivity index (χ4v) is 4.89. The van der Waals surface area contributed by atoms with Gasteiger partial charge in [0.1, 0.15) is 5.37 Å². The summed E-state index contributed by atoms with van der Waals surface area (Å²) in [6.45, 7) is 4.62. The van der Waals surface area contributed by atoms with Gasteiger partial charge in [0.2, 0.25) is 5.91 Å². The molecule has 4 nitrogen and oxygen atoms in total. The molecule has 2 amide bonds. The summed E-state index contributed by atoms with van der Waals surface area (Å²) in [5.41, 5.74) is 5.04. The monoisotopic (exact) mass is 430 g/mol. The van der Waals surface area contributed by atoms with E-state index in [1.54, 1.807) is 11.8 Å². The van der Waals surface area contributed by atoms with E-state index in [1.165, 1.54) is 5.56 Å². The van der Waals surface area contributed by atoms with E-state index in [0.29, 0.717) is 17.9 Å². The Morgan fingerprint density at radius 2 is 1.71 bits per heavy atom. The van der Waals surface area contributed by atoms with Crippen molar-refractivity contribution < 1.29 is 9.59 Å². The molecule has 3 aromatic rings. The van der Waals surface area contributed by atoms with Gasteiger partial charge in [0.15, 0.2) is 0 Å². The molecular formula is C26H26N2O2S. The molecule has 5 heteroatoms. The van der Waals surface area contributed by atoms with E-state index in [0.717, 1.165) is 16.7 Å². The largest absolute Gasteiger partial charge is 0.346 e. The number of thioether (sulfide) groups is 1. The van der Waals surface area contributed by atoms with Crippen molar-refractivity contribution in [2.24, 2.45) is 0 Å². The molecule has 4 rings (SSSR count). The molecule has 0 bridgehead atoms. The molecular weight excluding hydrogens is 404 g/mol. The van der Waals surface area contributed by atoms with Crippen molar-refractivity contribution >= 4 is 23.6 Å². The fourth-order valence-electron chi connectivity index (χ4n) is 3.70. The molecule has 1 heterocycles. The molecule has 2 atom stereocenters. The number of amides is 2. The van der Waals surface area contributed by atoms with Crippen LogP contribution in [0.25, 0.3) is 0 Å². The van der Waals surface area contributed by atoms with Gasteiger partial charge in [-0.05, 0) is 42.7 Å². The van der Waals surface area contributed by atoms with E-state index in [4.69, 9.17) is 0 Å². The second kappa shape index (κ2) is 9.40. The molecule has 0 radical (unpaired) electrons. The normalized spacial score (nSPS) is 16.9. The van der Waals surface area contributed by atoms with Crippen molar-refractivity contribution in [1.29, 1.82) is 0 Å². The van der Waals surface area contributed by atoms with Crippen LogP contribution in [0.1, 0.15) is 51.0 Å². The van der Waals surface area contributed by atoms with Gasteiger partial charge in [-0.1, -0.05) is 72.3 Å². The van der Waals surface area contributed by atoms with E-state index in [1.807, 2.05) is 85.5 Å². The molecule has 1 aliphatic rings. The van der Waals surface area contributed by atoms with Crippen molar-refractivity contribution in [2.45, 2.75) is 31.8 Å². The molecule has 1 saturated heterocycles. The van der Waals surface area contributed by atoms with Crippen LogP contribution >= 0.6 is 11.8 Å². The summed E-state index contributed by atoms with van der Waals surface area (Å²) in [7, 11) is 0. The van der Waals surface area contributed by atoms with Crippen molar-refractivity contribution in [3.05, 3.63) is 107 Å². The molecule has 1 aliphatic heterocycles. The number of aryl methyl sites for hydroxylation is 1. The first-order valence-corrected chi connectivity index (χ1v) is 11.5. The Bertz CT molecular complexity index is 1050. The quantitative estimate of drug-likeness (QED) is 0.580. The maximum Gasteiger partial charge on any atom is 0.251 e. The third-order valence-electron chi connectivity index (χ3n) is 5.55. The lowest BCUT2D eigenvalue weighted by Crippen LogP contribution is -2.28. The van der Waals surface area contributed by atoms with E-state index >= 15 is 0 Å². The minimum Gasteiger partial charge on any atom is -0.346 e. The zero-order valence-corrected chi connectivity index (χ0v) is 18.6. The Morgan fingerprint density at radius 1 is 1.03 bits per heavy atom. The van der Waals surface area contributed by atoms with Gasteiger partial charge in [-0.3, -0.25) is 9.59 Å². The Hall–Kier alpha value is -3.05. The summed E-state index contributed by atoms with van der Waals surface area (Å²) in [5.74, 6) is 0.525. The van der Waals surface area contributed by atoms with Crippen molar-refractivity contribution in [1.82, 2.24) is 10.2 Å². The predicted molar refractivity (Wildman–Crippen MR) is 126 cm³/mol. The lowest BCUT2D eigenvalue weighted by Gasteiger charge is -2.24. The molecule has 0 spiro atoms. The number of rotatable bonds is 6. The summed E-state index contributed by atoms with van der Waals surface area (Å²) in [6, 6.07) is 25.7. The van der Waals surface area contributed by atoms with E-state index < -0.39 is 0 Å². The molecule has 3 aromatic carbocycles. The van der Waals surface area contributed by atoms with Gasteiger partial charge in [0, 0.05) is 12.1 Å². The van der Waals surface area contributed by atoms with Crippen LogP contribution in [0.15, 0.2) is 78.9 Å². The van der Waals surface area contributed by atoms with Gasteiger partial charge < -0.3 is 10.2 Å². The fraction of sp³-hybridized carbons (Fsp3) is 0.231. The first-order chi connectivity index (χ1) is 15.0. The van der Waals surface area contributed by atoms with Gasteiger partial charge in [-0.2, -0.15) is 0 Å². The van der Waals surface area contributed by atoms with Crippen LogP contribution in [0, 0.1) is 6.92 Å². The predicted octanol–water partition coefficient (Wildman–Crippen LogP) is 5.26. The van der Waals surface area contributed by atoms with Gasteiger partial charge in [-0.25, -0.2) is 0 Å². The zero-order valence-electron chi connectivity index (χ0n) is 17.7. The maximum atomic E-state index is 12.7. The third kappa shape index (κ3) is 5.00. The van der Waals surface area contributed by atoms with Crippen LogP contribution in [-0.2, 0) is 11.3 Å². The van der Waals surface area contributed by atoms with Gasteiger partial charge in [0.25, 0.3) is 5.91 Å². The average Bonchev–Trinajstić information content (AvgIpc) is 3.15. The minimum absolute atomic E-state index is 0.0312. The molecule has 0 saturated carbocycles. The highest BCUT2D eigenvalue weighted by molar-refractivity contribution is 8.00. The maximum absolute atomic E-state index is 12.7. The summed E-state index contributed by atoms with van der Waals surface area (Å²) in [4.78, 5) is 27.1. The zero-order chi connectivity index (χ0) is 21.8. The van der Waals surface area contributed by atoms with Crippen molar-refractivity contribution in [3.8, 4) is 0 Å². The van der Waals surface area contributed by atoms with E-state index in [2.05, 4.69) is 17.4 Å². The Morgan fingerprint density at radius 3 is 2.39 bits per heavy atom. The number of hydrogen-bond acceptors (Lipinski definition) is 3. The first-order valence-electron chi connectivity index (χ1n) is 10.4. The molecule has 31 heavy (non-hydrogen) atoms. The van der Waals surface area contributed by atoms with Crippen LogP contribution in [0.2, 0.25) is 0 Å². The lowest BCUT2D eigenvalue weighted by atomic mass is 10.1.